The molecule has 31 heavy (non-hydrogen) atoms. The molecule has 2 N–H and O–H groups in total. The van der Waals surface area contributed by atoms with Gasteiger partial charge in [0.2, 0.25) is 5.91 Å². The van der Waals surface area contributed by atoms with E-state index in [9.17, 15) is 14.4 Å². The third-order valence-corrected chi connectivity index (χ3v) is 6.50. The van der Waals surface area contributed by atoms with Gasteiger partial charge in [-0.15, -0.1) is 0 Å². The van der Waals surface area contributed by atoms with Gasteiger partial charge in [0, 0.05) is 5.56 Å². The van der Waals surface area contributed by atoms with Crippen LogP contribution in [-0.2, 0) is 4.79 Å². The van der Waals surface area contributed by atoms with Crippen LogP contribution in [0.4, 0.5) is 4.79 Å². The van der Waals surface area contributed by atoms with Gasteiger partial charge in [-0.3, -0.25) is 24.4 Å². The fourth-order valence-electron chi connectivity index (χ4n) is 4.11. The van der Waals surface area contributed by atoms with Crippen LogP contribution in [0, 0.1) is 0 Å². The summed E-state index contributed by atoms with van der Waals surface area (Å²) in [5, 5.41) is 9.80. The molecule has 3 amide bonds. The van der Waals surface area contributed by atoms with Crippen LogP contribution < -0.4 is 14.8 Å². The van der Waals surface area contributed by atoms with Crippen molar-refractivity contribution >= 4 is 28.8 Å². The molecular formula is C21H24N4O5S. The van der Waals surface area contributed by atoms with Crippen LogP contribution in [-0.4, -0.2) is 64.2 Å². The second-order valence-corrected chi connectivity index (χ2v) is 8.41. The quantitative estimate of drug-likeness (QED) is 0.704. The van der Waals surface area contributed by atoms with Crippen molar-refractivity contribution in [1.82, 2.24) is 20.4 Å². The number of thioether (sulfide) groups is 1. The van der Waals surface area contributed by atoms with Crippen molar-refractivity contribution in [2.75, 3.05) is 20.0 Å². The van der Waals surface area contributed by atoms with Gasteiger partial charge in [0.15, 0.2) is 0 Å². The van der Waals surface area contributed by atoms with Crippen LogP contribution in [0.25, 0.3) is 11.3 Å². The Morgan fingerprint density at radius 3 is 2.71 bits per heavy atom. The first-order valence-electron chi connectivity index (χ1n) is 10.1. The molecule has 4 rings (SSSR count). The molecule has 1 saturated heterocycles. The summed E-state index contributed by atoms with van der Waals surface area (Å²) < 4.78 is 10.7. The molecule has 2 atom stereocenters. The lowest BCUT2D eigenvalue weighted by molar-refractivity contribution is -0.127. The molecule has 2 fully saturated rings. The first-order chi connectivity index (χ1) is 15.0. The van der Waals surface area contributed by atoms with E-state index in [4.69, 9.17) is 9.47 Å². The highest BCUT2D eigenvalue weighted by atomic mass is 32.2. The highest BCUT2D eigenvalue weighted by Gasteiger charge is 2.41. The Kier molecular flexibility index (Phi) is 6.17. The molecule has 1 aliphatic heterocycles. The van der Waals surface area contributed by atoms with Crippen LogP contribution in [0.2, 0.25) is 0 Å². The molecule has 0 unspecified atom stereocenters. The normalized spacial score (nSPS) is 21.3. The van der Waals surface area contributed by atoms with Crippen molar-refractivity contribution in [3.8, 4) is 22.8 Å². The minimum absolute atomic E-state index is 0.169. The molecule has 0 radical (unpaired) electrons. The molecule has 1 saturated carbocycles. The zero-order valence-electron chi connectivity index (χ0n) is 17.3. The summed E-state index contributed by atoms with van der Waals surface area (Å²) >= 11 is 1.02. The SMILES string of the molecule is COc1ccc(OC)c(-c2cc(C(=O)N[C@@H]3CCCC[C@H]3N3C(=O)CSC3=O)[nH]n2)c1. The average Bonchev–Trinajstić information content (AvgIpc) is 3.41. The maximum atomic E-state index is 12.9. The molecule has 2 heterocycles. The van der Waals surface area contributed by atoms with Gasteiger partial charge < -0.3 is 14.8 Å². The topological polar surface area (TPSA) is 114 Å². The number of aromatic nitrogens is 2. The number of nitrogens with one attached hydrogen (secondary N) is 2. The monoisotopic (exact) mass is 444 g/mol. The number of methoxy groups -OCH3 is 2. The summed E-state index contributed by atoms with van der Waals surface area (Å²) in [7, 11) is 3.14. The maximum absolute atomic E-state index is 12.9. The van der Waals surface area contributed by atoms with E-state index in [1.54, 1.807) is 38.5 Å². The Bertz CT molecular complexity index is 991. The third-order valence-electron chi connectivity index (χ3n) is 5.67. The summed E-state index contributed by atoms with van der Waals surface area (Å²) in [6, 6.07) is 6.39. The Morgan fingerprint density at radius 2 is 2.00 bits per heavy atom. The zero-order chi connectivity index (χ0) is 22.0. The van der Waals surface area contributed by atoms with E-state index < -0.39 is 0 Å². The van der Waals surface area contributed by atoms with Gasteiger partial charge in [-0.2, -0.15) is 5.10 Å². The van der Waals surface area contributed by atoms with Gasteiger partial charge in [-0.25, -0.2) is 0 Å². The molecule has 0 spiro atoms. The van der Waals surface area contributed by atoms with Crippen LogP contribution >= 0.6 is 11.8 Å². The Labute approximate surface area is 183 Å². The van der Waals surface area contributed by atoms with Crippen molar-refractivity contribution in [1.29, 1.82) is 0 Å². The average molecular weight is 445 g/mol. The fraction of sp³-hybridized carbons (Fsp3) is 0.429. The molecule has 0 bridgehead atoms. The lowest BCUT2D eigenvalue weighted by atomic mass is 9.89. The predicted octanol–water partition coefficient (Wildman–Crippen LogP) is 2.83. The Hall–Kier alpha value is -3.01. The van der Waals surface area contributed by atoms with E-state index in [0.29, 0.717) is 35.6 Å². The summed E-state index contributed by atoms with van der Waals surface area (Å²) in [6.07, 6.45) is 3.25. The molecule has 164 valence electrons. The second-order valence-electron chi connectivity index (χ2n) is 7.48. The number of aromatic amines is 1. The number of benzene rings is 1. The second kappa shape index (κ2) is 9.01. The van der Waals surface area contributed by atoms with Crippen LogP contribution in [0.1, 0.15) is 36.2 Å². The van der Waals surface area contributed by atoms with Crippen LogP contribution in [0.15, 0.2) is 24.3 Å². The highest BCUT2D eigenvalue weighted by Crippen LogP contribution is 2.33. The van der Waals surface area contributed by atoms with E-state index in [-0.39, 0.29) is 40.6 Å². The number of carbonyl (C=O) groups excluding carboxylic acids is 3. The van der Waals surface area contributed by atoms with E-state index in [2.05, 4.69) is 15.5 Å². The third kappa shape index (κ3) is 4.25. The first kappa shape index (κ1) is 21.2. The van der Waals surface area contributed by atoms with Crippen molar-refractivity contribution in [2.45, 2.75) is 37.8 Å². The van der Waals surface area contributed by atoms with Gasteiger partial charge in [-0.05, 0) is 37.1 Å². The van der Waals surface area contributed by atoms with Gasteiger partial charge in [0.25, 0.3) is 11.1 Å². The molecule has 1 aromatic carbocycles. The minimum Gasteiger partial charge on any atom is -0.497 e. The number of ether oxygens (including phenoxy) is 2. The van der Waals surface area contributed by atoms with Crippen molar-refractivity contribution in [3.63, 3.8) is 0 Å². The van der Waals surface area contributed by atoms with E-state index in [1.807, 2.05) is 0 Å². The van der Waals surface area contributed by atoms with Crippen LogP contribution in [0.5, 0.6) is 11.5 Å². The number of hydrogen-bond acceptors (Lipinski definition) is 7. The molecule has 2 aromatic rings. The molecule has 1 aromatic heterocycles. The number of carbonyl (C=O) groups is 3. The summed E-state index contributed by atoms with van der Waals surface area (Å²) in [4.78, 5) is 38.6. The predicted molar refractivity (Wildman–Crippen MR) is 115 cm³/mol. The van der Waals surface area contributed by atoms with Crippen molar-refractivity contribution in [3.05, 3.63) is 30.0 Å². The van der Waals surface area contributed by atoms with Gasteiger partial charge in [0.05, 0.1) is 37.8 Å². The van der Waals surface area contributed by atoms with E-state index >= 15 is 0 Å². The smallest absolute Gasteiger partial charge is 0.289 e. The number of hydrogen-bond donors (Lipinski definition) is 2. The highest BCUT2D eigenvalue weighted by molar-refractivity contribution is 8.14. The first-order valence-corrected chi connectivity index (χ1v) is 11.1. The Morgan fingerprint density at radius 1 is 1.19 bits per heavy atom. The van der Waals surface area contributed by atoms with E-state index in [0.717, 1.165) is 24.6 Å². The molecule has 1 aliphatic carbocycles. The maximum Gasteiger partial charge on any atom is 0.289 e. The van der Waals surface area contributed by atoms with Gasteiger partial charge >= 0.3 is 0 Å². The molecule has 10 heteroatoms. The summed E-state index contributed by atoms with van der Waals surface area (Å²) in [5.41, 5.74) is 1.53. The van der Waals surface area contributed by atoms with Crippen molar-refractivity contribution in [2.24, 2.45) is 0 Å². The summed E-state index contributed by atoms with van der Waals surface area (Å²) in [6.45, 7) is 0. The summed E-state index contributed by atoms with van der Waals surface area (Å²) in [5.74, 6) is 0.907. The lowest BCUT2D eigenvalue weighted by Gasteiger charge is -2.36. The van der Waals surface area contributed by atoms with Gasteiger partial charge in [0.1, 0.15) is 17.2 Å². The molecule has 9 nitrogen and oxygen atoms in total. The molecular weight excluding hydrogens is 420 g/mol. The minimum atomic E-state index is -0.329. The van der Waals surface area contributed by atoms with E-state index in [1.165, 1.54) is 4.90 Å². The molecule has 2 aliphatic rings. The zero-order valence-corrected chi connectivity index (χ0v) is 18.2. The standard InChI is InChI=1S/C21H24N4O5S/c1-29-12-7-8-18(30-2)13(9-12)15-10-16(24-23-15)20(27)22-14-5-3-4-6-17(14)25-19(26)11-31-21(25)28/h7-10,14,17H,3-6,11H2,1-2H3,(H,22,27)(H,23,24)/t14-,17-/m1/s1. The number of nitrogens with zero attached hydrogens (tertiary/aromatic N) is 2. The number of rotatable bonds is 6. The fourth-order valence-corrected chi connectivity index (χ4v) is 4.87. The lowest BCUT2D eigenvalue weighted by Crippen LogP contribution is -2.54. The van der Waals surface area contributed by atoms with Crippen molar-refractivity contribution < 1.29 is 23.9 Å². The van der Waals surface area contributed by atoms with Crippen LogP contribution in [0.3, 0.4) is 0 Å². The number of imide groups is 1. The number of amides is 3. The largest absolute Gasteiger partial charge is 0.497 e. The number of H-pyrrole nitrogens is 1. The van der Waals surface area contributed by atoms with Gasteiger partial charge in [-0.1, -0.05) is 24.6 Å². The Balaban J connectivity index is 1.52.